The SMILES string of the molecule is CCCC(CCC)C(=O)c1cc(Cl)c(Br)s1. The fourth-order valence-corrected chi connectivity index (χ4v) is 3.49. The number of ketones is 1. The minimum Gasteiger partial charge on any atom is -0.293 e. The molecule has 1 nitrogen and oxygen atoms in total. The number of hydrogen-bond acceptors (Lipinski definition) is 2. The second-order valence-electron chi connectivity index (χ2n) is 3.87. The summed E-state index contributed by atoms with van der Waals surface area (Å²) in [5.41, 5.74) is 0. The van der Waals surface area contributed by atoms with E-state index in [9.17, 15) is 4.79 Å². The van der Waals surface area contributed by atoms with Crippen molar-refractivity contribution >= 4 is 44.7 Å². The van der Waals surface area contributed by atoms with Crippen LogP contribution in [0.1, 0.15) is 49.2 Å². The smallest absolute Gasteiger partial charge is 0.175 e. The standard InChI is InChI=1S/C12H16BrClOS/c1-3-5-8(6-4-2)11(15)10-7-9(14)12(13)16-10/h7-8H,3-6H2,1-2H3. The third-order valence-corrected chi connectivity index (χ3v) is 5.02. The molecule has 0 aliphatic carbocycles. The number of carbonyl (C=O) groups is 1. The van der Waals surface area contributed by atoms with Crippen LogP contribution in [0.25, 0.3) is 0 Å². The first-order valence-corrected chi connectivity index (χ1v) is 7.57. The summed E-state index contributed by atoms with van der Waals surface area (Å²) in [6.45, 7) is 4.24. The Hall–Kier alpha value is 0.140. The average molecular weight is 324 g/mol. The van der Waals surface area contributed by atoms with Gasteiger partial charge in [-0.3, -0.25) is 4.79 Å². The van der Waals surface area contributed by atoms with Crippen LogP contribution in [0.2, 0.25) is 5.02 Å². The Morgan fingerprint density at radius 1 is 1.44 bits per heavy atom. The zero-order chi connectivity index (χ0) is 12.1. The van der Waals surface area contributed by atoms with Gasteiger partial charge in [-0.25, -0.2) is 0 Å². The molecular weight excluding hydrogens is 308 g/mol. The lowest BCUT2D eigenvalue weighted by molar-refractivity contribution is 0.0909. The topological polar surface area (TPSA) is 17.1 Å². The monoisotopic (exact) mass is 322 g/mol. The maximum Gasteiger partial charge on any atom is 0.175 e. The summed E-state index contributed by atoms with van der Waals surface area (Å²) < 4.78 is 0.851. The van der Waals surface area contributed by atoms with Crippen molar-refractivity contribution in [2.24, 2.45) is 5.92 Å². The molecule has 0 spiro atoms. The van der Waals surface area contributed by atoms with Crippen LogP contribution in [0.5, 0.6) is 0 Å². The van der Waals surface area contributed by atoms with Crippen molar-refractivity contribution in [1.82, 2.24) is 0 Å². The van der Waals surface area contributed by atoms with Crippen molar-refractivity contribution in [2.75, 3.05) is 0 Å². The van der Waals surface area contributed by atoms with Gasteiger partial charge in [-0.15, -0.1) is 11.3 Å². The van der Waals surface area contributed by atoms with E-state index in [0.29, 0.717) is 5.02 Å². The largest absolute Gasteiger partial charge is 0.293 e. The molecule has 0 aliphatic rings. The minimum atomic E-state index is 0.164. The maximum atomic E-state index is 12.2. The van der Waals surface area contributed by atoms with Gasteiger partial charge in [0.1, 0.15) is 0 Å². The Bertz CT molecular complexity index is 336. The Labute approximate surface area is 114 Å². The third kappa shape index (κ3) is 3.57. The zero-order valence-electron chi connectivity index (χ0n) is 9.56. The van der Waals surface area contributed by atoms with Gasteiger partial charge in [0, 0.05) is 5.92 Å². The lowest BCUT2D eigenvalue weighted by Gasteiger charge is -2.12. The minimum absolute atomic E-state index is 0.164. The van der Waals surface area contributed by atoms with Crippen molar-refractivity contribution < 1.29 is 4.79 Å². The van der Waals surface area contributed by atoms with Crippen LogP contribution in [0.4, 0.5) is 0 Å². The molecule has 0 unspecified atom stereocenters. The van der Waals surface area contributed by atoms with Crippen molar-refractivity contribution in [1.29, 1.82) is 0 Å². The number of rotatable bonds is 6. The summed E-state index contributed by atoms with van der Waals surface area (Å²) in [7, 11) is 0. The molecule has 0 saturated heterocycles. The van der Waals surface area contributed by atoms with E-state index in [0.717, 1.165) is 34.3 Å². The predicted molar refractivity (Wildman–Crippen MR) is 74.7 cm³/mol. The highest BCUT2D eigenvalue weighted by Crippen LogP contribution is 2.34. The summed E-state index contributed by atoms with van der Waals surface area (Å²) in [5, 5.41) is 0.639. The number of carbonyl (C=O) groups excluding carboxylic acids is 1. The van der Waals surface area contributed by atoms with Crippen LogP contribution in [0.15, 0.2) is 9.85 Å². The summed E-state index contributed by atoms with van der Waals surface area (Å²) in [4.78, 5) is 13.0. The average Bonchev–Trinajstić information content (AvgIpc) is 2.58. The molecule has 1 aromatic heterocycles. The summed E-state index contributed by atoms with van der Waals surface area (Å²) >= 11 is 10.7. The number of Topliss-reactive ketones (excluding diaryl/α,β-unsaturated/α-hetero) is 1. The summed E-state index contributed by atoms with van der Waals surface area (Å²) in [6, 6.07) is 1.77. The number of hydrogen-bond donors (Lipinski definition) is 0. The molecule has 90 valence electrons. The quantitative estimate of drug-likeness (QED) is 0.626. The molecule has 1 heterocycles. The van der Waals surface area contributed by atoms with Gasteiger partial charge in [0.15, 0.2) is 5.78 Å². The Morgan fingerprint density at radius 2 is 2.00 bits per heavy atom. The van der Waals surface area contributed by atoms with Crippen LogP contribution in [-0.4, -0.2) is 5.78 Å². The van der Waals surface area contributed by atoms with Crippen LogP contribution >= 0.6 is 38.9 Å². The summed E-state index contributed by atoms with van der Waals surface area (Å²) in [5.74, 6) is 0.415. The third-order valence-electron chi connectivity index (χ3n) is 2.53. The second kappa shape index (κ2) is 6.77. The lowest BCUT2D eigenvalue weighted by Crippen LogP contribution is -2.13. The van der Waals surface area contributed by atoms with Crippen LogP contribution in [-0.2, 0) is 0 Å². The van der Waals surface area contributed by atoms with E-state index in [-0.39, 0.29) is 11.7 Å². The van der Waals surface area contributed by atoms with Crippen molar-refractivity contribution in [3.63, 3.8) is 0 Å². The fourth-order valence-electron chi connectivity index (χ4n) is 1.77. The molecular formula is C12H16BrClOS. The number of thiophene rings is 1. The van der Waals surface area contributed by atoms with Crippen molar-refractivity contribution in [3.05, 3.63) is 19.8 Å². The molecule has 0 N–H and O–H groups in total. The van der Waals surface area contributed by atoms with Crippen molar-refractivity contribution in [2.45, 2.75) is 39.5 Å². The zero-order valence-corrected chi connectivity index (χ0v) is 12.7. The molecule has 0 aromatic carbocycles. The van der Waals surface area contributed by atoms with Crippen molar-refractivity contribution in [3.8, 4) is 0 Å². The first-order chi connectivity index (χ1) is 7.60. The Kier molecular flexibility index (Phi) is 6.01. The maximum absolute atomic E-state index is 12.2. The lowest BCUT2D eigenvalue weighted by atomic mass is 9.93. The van der Waals surface area contributed by atoms with Gasteiger partial charge in [-0.1, -0.05) is 38.3 Å². The molecule has 16 heavy (non-hydrogen) atoms. The van der Waals surface area contributed by atoms with Gasteiger partial charge in [0.25, 0.3) is 0 Å². The first-order valence-electron chi connectivity index (χ1n) is 5.59. The highest BCUT2D eigenvalue weighted by Gasteiger charge is 2.21. The van der Waals surface area contributed by atoms with Crippen LogP contribution in [0.3, 0.4) is 0 Å². The van der Waals surface area contributed by atoms with E-state index in [4.69, 9.17) is 11.6 Å². The van der Waals surface area contributed by atoms with E-state index in [1.165, 1.54) is 11.3 Å². The molecule has 0 radical (unpaired) electrons. The molecule has 4 heteroatoms. The first kappa shape index (κ1) is 14.2. The predicted octanol–water partition coefficient (Wildman–Crippen LogP) is 5.56. The highest BCUT2D eigenvalue weighted by molar-refractivity contribution is 9.11. The Morgan fingerprint density at radius 3 is 2.38 bits per heavy atom. The van der Waals surface area contributed by atoms with Crippen LogP contribution in [0, 0.1) is 5.92 Å². The molecule has 0 atom stereocenters. The van der Waals surface area contributed by atoms with E-state index in [1.807, 2.05) is 0 Å². The van der Waals surface area contributed by atoms with E-state index in [2.05, 4.69) is 29.8 Å². The molecule has 1 aromatic rings. The van der Waals surface area contributed by atoms with Gasteiger partial charge in [0.05, 0.1) is 13.7 Å². The van der Waals surface area contributed by atoms with Gasteiger partial charge < -0.3 is 0 Å². The molecule has 0 fully saturated rings. The molecule has 0 saturated carbocycles. The number of halogens is 2. The van der Waals surface area contributed by atoms with Gasteiger partial charge in [0.2, 0.25) is 0 Å². The molecule has 0 aliphatic heterocycles. The Balaban J connectivity index is 2.81. The molecule has 0 amide bonds. The van der Waals surface area contributed by atoms with Gasteiger partial charge in [-0.2, -0.15) is 0 Å². The van der Waals surface area contributed by atoms with Gasteiger partial charge in [-0.05, 0) is 34.8 Å². The highest BCUT2D eigenvalue weighted by atomic mass is 79.9. The van der Waals surface area contributed by atoms with E-state index < -0.39 is 0 Å². The normalized spacial score (nSPS) is 11.1. The molecule has 1 rings (SSSR count). The fraction of sp³-hybridized carbons (Fsp3) is 0.583. The van der Waals surface area contributed by atoms with Gasteiger partial charge >= 0.3 is 0 Å². The second-order valence-corrected chi connectivity index (χ2v) is 6.65. The molecule has 0 bridgehead atoms. The van der Waals surface area contributed by atoms with E-state index in [1.54, 1.807) is 6.07 Å². The van der Waals surface area contributed by atoms with E-state index >= 15 is 0 Å². The van der Waals surface area contributed by atoms with Crippen LogP contribution < -0.4 is 0 Å². The summed E-state index contributed by atoms with van der Waals surface area (Å²) in [6.07, 6.45) is 4.05.